The van der Waals surface area contributed by atoms with Crippen LogP contribution in [0.3, 0.4) is 0 Å². The van der Waals surface area contributed by atoms with E-state index in [1.54, 1.807) is 36.4 Å². The molecule has 0 radical (unpaired) electrons. The molecule has 20 heavy (non-hydrogen) atoms. The maximum atomic E-state index is 13.6. The van der Waals surface area contributed by atoms with Crippen molar-refractivity contribution in [3.05, 3.63) is 65.5 Å². The van der Waals surface area contributed by atoms with Crippen molar-refractivity contribution in [2.75, 3.05) is 5.32 Å². The van der Waals surface area contributed by atoms with Gasteiger partial charge in [0.15, 0.2) is 0 Å². The number of benzene rings is 2. The number of amides is 1. The number of primary amides is 1. The zero-order valence-corrected chi connectivity index (χ0v) is 10.5. The SMILES string of the molecule is N#Cc1cccc(C(Nc2ccccc2F)C(N)=O)c1. The Morgan fingerprint density at radius 3 is 2.65 bits per heavy atom. The highest BCUT2D eigenvalue weighted by molar-refractivity contribution is 5.84. The van der Waals surface area contributed by atoms with Crippen LogP contribution in [0.2, 0.25) is 0 Å². The molecule has 100 valence electrons. The Bertz CT molecular complexity index is 679. The summed E-state index contributed by atoms with van der Waals surface area (Å²) in [4.78, 5) is 11.6. The van der Waals surface area contributed by atoms with Gasteiger partial charge in [-0.2, -0.15) is 5.26 Å². The van der Waals surface area contributed by atoms with E-state index in [2.05, 4.69) is 5.32 Å². The summed E-state index contributed by atoms with van der Waals surface area (Å²) in [5, 5.41) is 11.6. The molecule has 0 aliphatic rings. The summed E-state index contributed by atoms with van der Waals surface area (Å²) in [7, 11) is 0. The smallest absolute Gasteiger partial charge is 0.244 e. The fourth-order valence-corrected chi connectivity index (χ4v) is 1.84. The van der Waals surface area contributed by atoms with Gasteiger partial charge in [-0.15, -0.1) is 0 Å². The second kappa shape index (κ2) is 5.85. The van der Waals surface area contributed by atoms with Gasteiger partial charge in [0.2, 0.25) is 5.91 Å². The Morgan fingerprint density at radius 2 is 2.00 bits per heavy atom. The number of nitrogens with two attached hydrogens (primary N) is 1. The second-order valence-corrected chi connectivity index (χ2v) is 4.20. The number of carbonyl (C=O) groups is 1. The summed E-state index contributed by atoms with van der Waals surface area (Å²) in [5.41, 5.74) is 6.45. The summed E-state index contributed by atoms with van der Waals surface area (Å²) in [6.45, 7) is 0. The van der Waals surface area contributed by atoms with E-state index >= 15 is 0 Å². The van der Waals surface area contributed by atoms with E-state index in [4.69, 9.17) is 11.0 Å². The summed E-state index contributed by atoms with van der Waals surface area (Å²) >= 11 is 0. The van der Waals surface area contributed by atoms with E-state index in [1.807, 2.05) is 6.07 Å². The van der Waals surface area contributed by atoms with Gasteiger partial charge < -0.3 is 11.1 Å². The number of carbonyl (C=O) groups excluding carboxylic acids is 1. The summed E-state index contributed by atoms with van der Waals surface area (Å²) < 4.78 is 13.6. The van der Waals surface area contributed by atoms with Crippen LogP contribution in [0.1, 0.15) is 17.2 Å². The number of halogens is 1. The highest BCUT2D eigenvalue weighted by atomic mass is 19.1. The highest BCUT2D eigenvalue weighted by Crippen LogP contribution is 2.22. The Hall–Kier alpha value is -2.87. The molecule has 3 N–H and O–H groups in total. The van der Waals surface area contributed by atoms with Crippen LogP contribution in [0.4, 0.5) is 10.1 Å². The average Bonchev–Trinajstić information content (AvgIpc) is 2.46. The number of rotatable bonds is 4. The van der Waals surface area contributed by atoms with Crippen molar-refractivity contribution in [1.29, 1.82) is 5.26 Å². The van der Waals surface area contributed by atoms with Gasteiger partial charge in [0, 0.05) is 0 Å². The van der Waals surface area contributed by atoms with Gasteiger partial charge in [-0.3, -0.25) is 4.79 Å². The molecule has 1 amide bonds. The molecule has 5 heteroatoms. The molecule has 0 aromatic heterocycles. The molecule has 0 aliphatic heterocycles. The maximum Gasteiger partial charge on any atom is 0.244 e. The topological polar surface area (TPSA) is 78.9 Å². The molecular formula is C15H12FN3O. The zero-order valence-electron chi connectivity index (χ0n) is 10.5. The van der Waals surface area contributed by atoms with Gasteiger partial charge in [-0.05, 0) is 29.8 Å². The fourth-order valence-electron chi connectivity index (χ4n) is 1.84. The van der Waals surface area contributed by atoms with E-state index in [1.165, 1.54) is 12.1 Å². The van der Waals surface area contributed by atoms with Gasteiger partial charge in [0.25, 0.3) is 0 Å². The Morgan fingerprint density at radius 1 is 1.25 bits per heavy atom. The monoisotopic (exact) mass is 269 g/mol. The van der Waals surface area contributed by atoms with E-state index in [-0.39, 0.29) is 5.69 Å². The van der Waals surface area contributed by atoms with Crippen molar-refractivity contribution in [2.45, 2.75) is 6.04 Å². The van der Waals surface area contributed by atoms with Crippen LogP contribution in [0, 0.1) is 17.1 Å². The minimum absolute atomic E-state index is 0.179. The van der Waals surface area contributed by atoms with Crippen molar-refractivity contribution in [2.24, 2.45) is 5.73 Å². The lowest BCUT2D eigenvalue weighted by molar-refractivity contribution is -0.118. The molecule has 0 saturated heterocycles. The Balaban J connectivity index is 2.35. The van der Waals surface area contributed by atoms with Crippen molar-refractivity contribution in [1.82, 2.24) is 0 Å². The van der Waals surface area contributed by atoms with Crippen LogP contribution < -0.4 is 11.1 Å². The molecule has 2 aromatic rings. The van der Waals surface area contributed by atoms with Gasteiger partial charge in [0.05, 0.1) is 17.3 Å². The van der Waals surface area contributed by atoms with Crippen LogP contribution in [0.15, 0.2) is 48.5 Å². The molecule has 0 aliphatic carbocycles. The fraction of sp³-hybridized carbons (Fsp3) is 0.0667. The predicted molar refractivity (Wildman–Crippen MR) is 73.1 cm³/mol. The minimum atomic E-state index is -0.903. The molecule has 0 heterocycles. The number of nitrogens with one attached hydrogen (secondary N) is 1. The van der Waals surface area contributed by atoms with Crippen LogP contribution in [-0.2, 0) is 4.79 Å². The third-order valence-corrected chi connectivity index (χ3v) is 2.81. The van der Waals surface area contributed by atoms with Crippen molar-refractivity contribution < 1.29 is 9.18 Å². The number of nitrogens with zero attached hydrogens (tertiary/aromatic N) is 1. The van der Waals surface area contributed by atoms with E-state index < -0.39 is 17.8 Å². The molecule has 2 rings (SSSR count). The van der Waals surface area contributed by atoms with E-state index in [9.17, 15) is 9.18 Å². The lowest BCUT2D eigenvalue weighted by Gasteiger charge is -2.17. The number of nitriles is 1. The summed E-state index contributed by atoms with van der Waals surface area (Å²) in [5.74, 6) is -1.13. The van der Waals surface area contributed by atoms with Crippen LogP contribution in [0.5, 0.6) is 0 Å². The first-order valence-corrected chi connectivity index (χ1v) is 5.92. The average molecular weight is 269 g/mol. The first kappa shape index (κ1) is 13.6. The van der Waals surface area contributed by atoms with Crippen molar-refractivity contribution >= 4 is 11.6 Å². The Labute approximate surface area is 115 Å². The Kier molecular flexibility index (Phi) is 3.96. The molecule has 2 aromatic carbocycles. The molecule has 0 saturated carbocycles. The first-order chi connectivity index (χ1) is 9.61. The number of hydrogen-bond donors (Lipinski definition) is 2. The number of para-hydroxylation sites is 1. The maximum absolute atomic E-state index is 13.6. The molecule has 0 bridgehead atoms. The van der Waals surface area contributed by atoms with Crippen molar-refractivity contribution in [3.63, 3.8) is 0 Å². The first-order valence-electron chi connectivity index (χ1n) is 5.92. The van der Waals surface area contributed by atoms with E-state index in [0.29, 0.717) is 11.1 Å². The predicted octanol–water partition coefficient (Wildman–Crippen LogP) is 2.34. The molecule has 0 spiro atoms. The largest absolute Gasteiger partial charge is 0.368 e. The lowest BCUT2D eigenvalue weighted by Crippen LogP contribution is -2.28. The second-order valence-electron chi connectivity index (χ2n) is 4.20. The van der Waals surface area contributed by atoms with Crippen LogP contribution >= 0.6 is 0 Å². The third kappa shape index (κ3) is 2.93. The van der Waals surface area contributed by atoms with Gasteiger partial charge >= 0.3 is 0 Å². The van der Waals surface area contributed by atoms with Gasteiger partial charge in [0.1, 0.15) is 11.9 Å². The molecule has 1 unspecified atom stereocenters. The zero-order chi connectivity index (χ0) is 14.5. The molecule has 1 atom stereocenters. The van der Waals surface area contributed by atoms with Gasteiger partial charge in [-0.1, -0.05) is 24.3 Å². The summed E-state index contributed by atoms with van der Waals surface area (Å²) in [6, 6.07) is 13.5. The normalized spacial score (nSPS) is 11.4. The quantitative estimate of drug-likeness (QED) is 0.894. The van der Waals surface area contributed by atoms with Crippen LogP contribution in [-0.4, -0.2) is 5.91 Å². The third-order valence-electron chi connectivity index (χ3n) is 2.81. The van der Waals surface area contributed by atoms with Crippen molar-refractivity contribution in [3.8, 4) is 6.07 Å². The minimum Gasteiger partial charge on any atom is -0.368 e. The summed E-state index contributed by atoms with van der Waals surface area (Å²) in [6.07, 6.45) is 0. The standard InChI is InChI=1S/C15H12FN3O/c16-12-6-1-2-7-13(12)19-14(15(18)20)11-5-3-4-10(8-11)9-17/h1-8,14,19H,(H2,18,20). The van der Waals surface area contributed by atoms with Crippen LogP contribution in [0.25, 0.3) is 0 Å². The molecule has 0 fully saturated rings. The molecular weight excluding hydrogens is 257 g/mol. The van der Waals surface area contributed by atoms with Gasteiger partial charge in [-0.25, -0.2) is 4.39 Å². The number of hydrogen-bond acceptors (Lipinski definition) is 3. The molecule has 4 nitrogen and oxygen atoms in total. The van der Waals surface area contributed by atoms with E-state index in [0.717, 1.165) is 0 Å². The highest BCUT2D eigenvalue weighted by Gasteiger charge is 2.19. The lowest BCUT2D eigenvalue weighted by atomic mass is 10.0. The number of anilines is 1.